The number of carbonyl (C=O) groups is 1. The van der Waals surface area contributed by atoms with Crippen LogP contribution in [0.25, 0.3) is 0 Å². The van der Waals surface area contributed by atoms with Crippen molar-refractivity contribution in [3.8, 4) is 0 Å². The van der Waals surface area contributed by atoms with Crippen LogP contribution < -0.4 is 5.90 Å². The summed E-state index contributed by atoms with van der Waals surface area (Å²) in [5.74, 6) is 4.48. The summed E-state index contributed by atoms with van der Waals surface area (Å²) in [4.78, 5) is 16.0. The molecule has 1 aliphatic heterocycles. The number of ketones is 1. The molecule has 0 aliphatic carbocycles. The number of ether oxygens (including phenoxy) is 1. The minimum Gasteiger partial charge on any atom is -0.385 e. The highest BCUT2D eigenvalue weighted by Crippen LogP contribution is 2.38. The number of methoxy groups -OCH3 is 1. The van der Waals surface area contributed by atoms with Crippen LogP contribution in [-0.2, 0) is 24.1 Å². The molecule has 1 aliphatic rings. The largest absolute Gasteiger partial charge is 0.385 e. The fraction of sp³-hybridized carbons (Fsp3) is 0.500. The Morgan fingerprint density at radius 1 is 1.52 bits per heavy atom. The Bertz CT molecular complexity index is 614. The number of hydrogen-bond donors (Lipinski definition) is 1. The molecule has 0 amide bonds. The van der Waals surface area contributed by atoms with E-state index in [1.807, 2.05) is 0 Å². The van der Waals surface area contributed by atoms with E-state index >= 15 is 0 Å². The van der Waals surface area contributed by atoms with Gasteiger partial charge in [0, 0.05) is 20.3 Å². The van der Waals surface area contributed by atoms with E-state index < -0.39 is 10.0 Å². The average molecular weight is 354 g/mol. The second-order valence-electron chi connectivity index (χ2n) is 4.12. The summed E-state index contributed by atoms with van der Waals surface area (Å²) in [6.07, 6.45) is 0.523. The lowest BCUT2D eigenvalue weighted by Crippen LogP contribution is -2.40. The van der Waals surface area contributed by atoms with Crippen LogP contribution in [0.15, 0.2) is 14.5 Å². The first-order valence-electron chi connectivity index (χ1n) is 5.87. The molecule has 8 nitrogen and oxygen atoms in total. The van der Waals surface area contributed by atoms with E-state index in [9.17, 15) is 13.2 Å². The maximum atomic E-state index is 12.5. The number of Topliss-reactive ketones (excluding diaryl/α,β-unsaturated/α-hetero) is 1. The average Bonchev–Trinajstić information content (AvgIpc) is 2.88. The van der Waals surface area contributed by atoms with Gasteiger partial charge in [-0.1, -0.05) is 0 Å². The zero-order valence-electron chi connectivity index (χ0n) is 11.1. The molecule has 2 rings (SSSR count). The lowest BCUT2D eigenvalue weighted by molar-refractivity contribution is -0.195. The van der Waals surface area contributed by atoms with Crippen LogP contribution in [0.4, 0.5) is 0 Å². The molecule has 0 bridgehead atoms. The third-order valence-electron chi connectivity index (χ3n) is 2.78. The molecule has 11 heteroatoms. The van der Waals surface area contributed by atoms with E-state index in [1.54, 1.807) is 0 Å². The van der Waals surface area contributed by atoms with Gasteiger partial charge < -0.3 is 4.74 Å². The number of thiophene rings is 1. The van der Waals surface area contributed by atoms with Gasteiger partial charge in [0.15, 0.2) is 5.78 Å². The summed E-state index contributed by atoms with van der Waals surface area (Å²) >= 11 is 1.71. The Hall–Kier alpha value is -0.530. The molecule has 21 heavy (non-hydrogen) atoms. The van der Waals surface area contributed by atoms with Crippen molar-refractivity contribution >= 4 is 39.2 Å². The van der Waals surface area contributed by atoms with Gasteiger partial charge in [-0.2, -0.15) is 10.2 Å². The van der Waals surface area contributed by atoms with E-state index in [2.05, 4.69) is 9.32 Å². The molecule has 0 atom stereocenters. The van der Waals surface area contributed by atoms with Gasteiger partial charge in [-0.3, -0.25) is 4.79 Å². The predicted molar refractivity (Wildman–Crippen MR) is 76.1 cm³/mol. The van der Waals surface area contributed by atoms with Crippen molar-refractivity contribution in [3.05, 3.63) is 11.6 Å². The Morgan fingerprint density at radius 2 is 2.29 bits per heavy atom. The topological polar surface area (TPSA) is 108 Å². The van der Waals surface area contributed by atoms with Crippen molar-refractivity contribution < 1.29 is 27.3 Å². The molecule has 0 unspecified atom stereocenters. The minimum absolute atomic E-state index is 0.0271. The zero-order valence-corrected chi connectivity index (χ0v) is 13.6. The summed E-state index contributed by atoms with van der Waals surface area (Å²) in [6.45, 7) is 0.512. The highest BCUT2D eigenvalue weighted by molar-refractivity contribution is 7.97. The number of carbonyl (C=O) groups excluding carboxylic acids is 1. The quantitative estimate of drug-likeness (QED) is 0.331. The van der Waals surface area contributed by atoms with Crippen LogP contribution in [0.2, 0.25) is 0 Å². The lowest BCUT2D eigenvalue weighted by atomic mass is 10.2. The summed E-state index contributed by atoms with van der Waals surface area (Å²) in [5, 5.41) is 0. The molecule has 1 aromatic heterocycles. The number of hydrogen-bond acceptors (Lipinski definition) is 9. The fourth-order valence-electron chi connectivity index (χ4n) is 1.86. The second kappa shape index (κ2) is 7.15. The van der Waals surface area contributed by atoms with Crippen LogP contribution in [-0.4, -0.2) is 45.3 Å². The maximum Gasteiger partial charge on any atom is 0.253 e. The third kappa shape index (κ3) is 3.63. The van der Waals surface area contributed by atoms with Gasteiger partial charge >= 0.3 is 0 Å². The smallest absolute Gasteiger partial charge is 0.253 e. The highest BCUT2D eigenvalue weighted by Gasteiger charge is 2.38. The van der Waals surface area contributed by atoms with E-state index in [0.717, 1.165) is 23.4 Å². The van der Waals surface area contributed by atoms with Crippen molar-refractivity contribution in [1.82, 2.24) is 4.31 Å². The van der Waals surface area contributed by atoms with Crippen molar-refractivity contribution in [2.45, 2.75) is 14.8 Å². The highest BCUT2D eigenvalue weighted by atomic mass is 32.3. The monoisotopic (exact) mass is 354 g/mol. The molecule has 2 N–H and O–H groups in total. The van der Waals surface area contributed by atoms with Gasteiger partial charge in [0.1, 0.15) is 4.21 Å². The molecule has 118 valence electrons. The van der Waals surface area contributed by atoms with Crippen molar-refractivity contribution in [2.24, 2.45) is 5.90 Å². The van der Waals surface area contributed by atoms with Gasteiger partial charge in [-0.05, 0) is 12.5 Å². The Balaban J connectivity index is 2.24. The van der Waals surface area contributed by atoms with Gasteiger partial charge in [-0.25, -0.2) is 8.42 Å². The first-order chi connectivity index (χ1) is 10.0. The van der Waals surface area contributed by atoms with Gasteiger partial charge in [0.2, 0.25) is 0 Å². The van der Waals surface area contributed by atoms with Gasteiger partial charge in [0.05, 0.1) is 28.4 Å². The summed E-state index contributed by atoms with van der Waals surface area (Å²) in [6, 6.07) is 1.47. The van der Waals surface area contributed by atoms with Gasteiger partial charge in [0.25, 0.3) is 10.0 Å². The molecule has 0 saturated heterocycles. The SMILES string of the molecule is COCCCN1CC(=O)c2cc(SOON)sc2S1(=O)=O. The van der Waals surface area contributed by atoms with E-state index in [-0.39, 0.29) is 28.6 Å². The molecule has 0 saturated carbocycles. The first-order valence-corrected chi connectivity index (χ1v) is 8.86. The molecule has 1 aromatic rings. The van der Waals surface area contributed by atoms with E-state index in [1.165, 1.54) is 17.5 Å². The molecular weight excluding hydrogens is 340 g/mol. The number of rotatable bonds is 7. The molecule has 2 heterocycles. The zero-order chi connectivity index (χ0) is 15.5. The summed E-state index contributed by atoms with van der Waals surface area (Å²) in [5.41, 5.74) is 0.186. The fourth-order valence-corrected chi connectivity index (χ4v) is 5.76. The number of nitrogens with two attached hydrogens (primary N) is 1. The second-order valence-corrected chi connectivity index (χ2v) is 8.31. The van der Waals surface area contributed by atoms with Crippen molar-refractivity contribution in [2.75, 3.05) is 26.8 Å². The van der Waals surface area contributed by atoms with Crippen molar-refractivity contribution in [3.63, 3.8) is 0 Å². The molecule has 0 fully saturated rings. The molecule has 0 radical (unpaired) electrons. The molecule has 0 aromatic carbocycles. The number of sulfonamides is 1. The Morgan fingerprint density at radius 3 is 2.95 bits per heavy atom. The summed E-state index contributed by atoms with van der Waals surface area (Å²) in [7, 11) is -2.13. The van der Waals surface area contributed by atoms with Crippen LogP contribution in [0.1, 0.15) is 16.8 Å². The summed E-state index contributed by atoms with van der Waals surface area (Å²) < 4.78 is 36.0. The van der Waals surface area contributed by atoms with Crippen LogP contribution in [0, 0.1) is 0 Å². The van der Waals surface area contributed by atoms with Crippen LogP contribution in [0.3, 0.4) is 0 Å². The predicted octanol–water partition coefficient (Wildman–Crippen LogP) is 0.801. The number of fused-ring (bicyclic) bond motifs is 1. The Labute approximate surface area is 130 Å². The number of nitrogens with zero attached hydrogens (tertiary/aromatic N) is 1. The maximum absolute atomic E-state index is 12.5. The minimum atomic E-state index is -3.67. The third-order valence-corrected chi connectivity index (χ3v) is 6.95. The Kier molecular flexibility index (Phi) is 5.73. The molecular formula is C10H14N2O6S3. The standard InChI is InChI=1S/C10H14N2O6S3/c1-16-4-2-3-12-6-8(13)7-5-9(20-18-17-11)19-10(7)21(12,14)15/h5H,2-4,6,11H2,1H3. The van der Waals surface area contributed by atoms with Crippen LogP contribution >= 0.6 is 23.4 Å². The van der Waals surface area contributed by atoms with Crippen LogP contribution in [0.5, 0.6) is 0 Å². The van der Waals surface area contributed by atoms with Crippen molar-refractivity contribution in [1.29, 1.82) is 0 Å². The van der Waals surface area contributed by atoms with E-state index in [0.29, 0.717) is 17.2 Å². The normalized spacial score (nSPS) is 17.9. The lowest BCUT2D eigenvalue weighted by Gasteiger charge is -2.24. The van der Waals surface area contributed by atoms with E-state index in [4.69, 9.17) is 10.6 Å². The van der Waals surface area contributed by atoms with Gasteiger partial charge in [-0.15, -0.1) is 20.7 Å². The first kappa shape index (κ1) is 16.8. The molecule has 0 spiro atoms.